The van der Waals surface area contributed by atoms with E-state index in [0.29, 0.717) is 29.6 Å². The highest BCUT2D eigenvalue weighted by molar-refractivity contribution is 6.33. The maximum Gasteiger partial charge on any atom is 0.253 e. The average molecular weight is 314 g/mol. The Morgan fingerprint density at radius 1 is 1.48 bits per heavy atom. The summed E-state index contributed by atoms with van der Waals surface area (Å²) in [5.74, 6) is 0.456. The van der Waals surface area contributed by atoms with Crippen LogP contribution in [0.3, 0.4) is 0 Å². The fourth-order valence-corrected chi connectivity index (χ4v) is 1.96. The van der Waals surface area contributed by atoms with Crippen LogP contribution in [-0.4, -0.2) is 37.7 Å². The largest absolute Gasteiger partial charge is 0.385 e. The van der Waals surface area contributed by atoms with E-state index < -0.39 is 0 Å². The van der Waals surface area contributed by atoms with Crippen LogP contribution in [0.15, 0.2) is 12.3 Å². The molecule has 0 spiro atoms. The molecule has 1 amide bonds. The van der Waals surface area contributed by atoms with Gasteiger partial charge in [-0.2, -0.15) is 0 Å². The van der Waals surface area contributed by atoms with Gasteiger partial charge in [-0.05, 0) is 24.8 Å². The predicted octanol–water partition coefficient (Wildman–Crippen LogP) is 2.96. The molecule has 0 saturated heterocycles. The lowest BCUT2D eigenvalue weighted by molar-refractivity contribution is 0.0921. The second-order valence-corrected chi connectivity index (χ2v) is 6.08. The first-order valence-electron chi connectivity index (χ1n) is 7.06. The monoisotopic (exact) mass is 313 g/mol. The van der Waals surface area contributed by atoms with Crippen LogP contribution in [0.1, 0.15) is 37.6 Å². The summed E-state index contributed by atoms with van der Waals surface area (Å²) in [4.78, 5) is 16.4. The van der Waals surface area contributed by atoms with E-state index in [-0.39, 0.29) is 11.3 Å². The maximum atomic E-state index is 12.3. The number of hydrogen-bond acceptors (Lipinski definition) is 4. The number of hydrogen-bond donors (Lipinski definition) is 2. The number of aromatic nitrogens is 1. The van der Waals surface area contributed by atoms with E-state index in [4.69, 9.17) is 16.3 Å². The topological polar surface area (TPSA) is 63.2 Å². The Morgan fingerprint density at radius 3 is 2.81 bits per heavy atom. The highest BCUT2D eigenvalue weighted by Crippen LogP contribution is 2.21. The zero-order valence-electron chi connectivity index (χ0n) is 13.1. The molecule has 0 fully saturated rings. The van der Waals surface area contributed by atoms with E-state index in [1.54, 1.807) is 13.2 Å². The van der Waals surface area contributed by atoms with Crippen LogP contribution >= 0.6 is 11.6 Å². The van der Waals surface area contributed by atoms with Gasteiger partial charge in [-0.25, -0.2) is 4.98 Å². The lowest BCUT2D eigenvalue weighted by atomic mass is 9.89. The van der Waals surface area contributed by atoms with Gasteiger partial charge in [0.25, 0.3) is 5.91 Å². The number of carbonyl (C=O) groups is 1. The third-order valence-corrected chi connectivity index (χ3v) is 3.47. The van der Waals surface area contributed by atoms with Crippen LogP contribution in [0.25, 0.3) is 0 Å². The number of nitrogens with zero attached hydrogens (tertiary/aromatic N) is 1. The minimum atomic E-state index is -0.188. The minimum absolute atomic E-state index is 0.0321. The van der Waals surface area contributed by atoms with Gasteiger partial charge < -0.3 is 15.4 Å². The summed E-state index contributed by atoms with van der Waals surface area (Å²) in [7, 11) is 1.67. The number of methoxy groups -OCH3 is 1. The second kappa shape index (κ2) is 8.20. The molecule has 5 nitrogen and oxygen atoms in total. The van der Waals surface area contributed by atoms with E-state index in [1.165, 1.54) is 6.20 Å². The molecule has 0 aliphatic carbocycles. The molecule has 0 aromatic carbocycles. The van der Waals surface area contributed by atoms with Gasteiger partial charge in [0.15, 0.2) is 0 Å². The summed E-state index contributed by atoms with van der Waals surface area (Å²) in [5.41, 5.74) is 0.403. The lowest BCUT2D eigenvalue weighted by Gasteiger charge is -2.24. The van der Waals surface area contributed by atoms with Gasteiger partial charge in [-0.1, -0.05) is 25.4 Å². The van der Waals surface area contributed by atoms with Gasteiger partial charge in [0.2, 0.25) is 0 Å². The van der Waals surface area contributed by atoms with Crippen molar-refractivity contribution in [2.75, 3.05) is 32.1 Å². The van der Waals surface area contributed by atoms with Crippen LogP contribution in [0.4, 0.5) is 5.82 Å². The van der Waals surface area contributed by atoms with Crippen LogP contribution < -0.4 is 10.6 Å². The molecule has 0 radical (unpaired) electrons. The molecule has 1 rings (SSSR count). The first-order chi connectivity index (χ1) is 9.89. The summed E-state index contributed by atoms with van der Waals surface area (Å²) in [6.45, 7) is 8.11. The van der Waals surface area contributed by atoms with Crippen LogP contribution in [-0.2, 0) is 4.74 Å². The fourth-order valence-electron chi connectivity index (χ4n) is 1.77. The normalized spacial score (nSPS) is 11.3. The third kappa shape index (κ3) is 5.89. The quantitative estimate of drug-likeness (QED) is 0.774. The average Bonchev–Trinajstić information content (AvgIpc) is 2.45. The Morgan fingerprint density at radius 2 is 2.19 bits per heavy atom. The van der Waals surface area contributed by atoms with Crippen molar-refractivity contribution >= 4 is 23.3 Å². The zero-order valence-corrected chi connectivity index (χ0v) is 13.9. The SMILES string of the molecule is CCNc1cc(C(=O)NCC(C)(C)CCOC)c(Cl)cn1. The van der Waals surface area contributed by atoms with Crippen molar-refractivity contribution in [3.8, 4) is 0 Å². The minimum Gasteiger partial charge on any atom is -0.385 e. The summed E-state index contributed by atoms with van der Waals surface area (Å²) in [5, 5.41) is 6.34. The Bertz CT molecular complexity index is 478. The summed E-state index contributed by atoms with van der Waals surface area (Å²) < 4.78 is 5.08. The number of anilines is 1. The van der Waals surface area contributed by atoms with Crippen molar-refractivity contribution in [1.29, 1.82) is 0 Å². The summed E-state index contributed by atoms with van der Waals surface area (Å²) in [6, 6.07) is 1.67. The zero-order chi connectivity index (χ0) is 15.9. The van der Waals surface area contributed by atoms with Crippen molar-refractivity contribution in [1.82, 2.24) is 10.3 Å². The van der Waals surface area contributed by atoms with Gasteiger partial charge in [-0.15, -0.1) is 0 Å². The highest BCUT2D eigenvalue weighted by atomic mass is 35.5. The number of carbonyl (C=O) groups excluding carboxylic acids is 1. The number of ether oxygens (including phenoxy) is 1. The molecule has 0 aliphatic rings. The summed E-state index contributed by atoms with van der Waals surface area (Å²) >= 11 is 6.05. The molecule has 2 N–H and O–H groups in total. The third-order valence-electron chi connectivity index (χ3n) is 3.17. The van der Waals surface area contributed by atoms with E-state index in [0.717, 1.165) is 13.0 Å². The molecule has 1 heterocycles. The number of pyridine rings is 1. The van der Waals surface area contributed by atoms with Gasteiger partial charge in [0, 0.05) is 33.0 Å². The Balaban J connectivity index is 2.69. The summed E-state index contributed by atoms with van der Waals surface area (Å²) in [6.07, 6.45) is 2.36. The van der Waals surface area contributed by atoms with Crippen molar-refractivity contribution in [2.45, 2.75) is 27.2 Å². The van der Waals surface area contributed by atoms with Crippen LogP contribution in [0, 0.1) is 5.41 Å². The van der Waals surface area contributed by atoms with Crippen molar-refractivity contribution < 1.29 is 9.53 Å². The van der Waals surface area contributed by atoms with Gasteiger partial charge in [0.1, 0.15) is 5.82 Å². The molecule has 1 aromatic rings. The van der Waals surface area contributed by atoms with Crippen LogP contribution in [0.2, 0.25) is 5.02 Å². The smallest absolute Gasteiger partial charge is 0.253 e. The van der Waals surface area contributed by atoms with Crippen molar-refractivity contribution in [3.63, 3.8) is 0 Å². The van der Waals surface area contributed by atoms with Crippen molar-refractivity contribution in [2.24, 2.45) is 5.41 Å². The van der Waals surface area contributed by atoms with E-state index in [2.05, 4.69) is 29.5 Å². The number of amides is 1. The van der Waals surface area contributed by atoms with Gasteiger partial charge in [-0.3, -0.25) is 4.79 Å². The lowest BCUT2D eigenvalue weighted by Crippen LogP contribution is -2.34. The molecular weight excluding hydrogens is 290 g/mol. The molecule has 118 valence electrons. The molecule has 0 atom stereocenters. The Hall–Kier alpha value is -1.33. The number of nitrogens with one attached hydrogen (secondary N) is 2. The van der Waals surface area contributed by atoms with Crippen LogP contribution in [0.5, 0.6) is 0 Å². The van der Waals surface area contributed by atoms with Gasteiger partial charge in [0.05, 0.1) is 10.6 Å². The Kier molecular flexibility index (Phi) is 6.92. The van der Waals surface area contributed by atoms with Crippen molar-refractivity contribution in [3.05, 3.63) is 22.8 Å². The molecular formula is C15H24ClN3O2. The number of halogens is 1. The second-order valence-electron chi connectivity index (χ2n) is 5.67. The molecule has 0 unspecified atom stereocenters. The maximum absolute atomic E-state index is 12.3. The van der Waals surface area contributed by atoms with Gasteiger partial charge >= 0.3 is 0 Å². The van der Waals surface area contributed by atoms with E-state index >= 15 is 0 Å². The molecule has 0 bridgehead atoms. The van der Waals surface area contributed by atoms with E-state index in [1.807, 2.05) is 6.92 Å². The highest BCUT2D eigenvalue weighted by Gasteiger charge is 2.20. The molecule has 0 saturated carbocycles. The molecule has 6 heteroatoms. The standard InChI is InChI=1S/C15H24ClN3O2/c1-5-17-13-8-11(12(16)9-18-13)14(20)19-10-15(2,3)6-7-21-4/h8-9H,5-7,10H2,1-4H3,(H,17,18)(H,19,20). The first-order valence-corrected chi connectivity index (χ1v) is 7.44. The predicted molar refractivity (Wildman–Crippen MR) is 86.0 cm³/mol. The number of rotatable bonds is 8. The fraction of sp³-hybridized carbons (Fsp3) is 0.600. The molecule has 21 heavy (non-hydrogen) atoms. The molecule has 0 aliphatic heterocycles. The van der Waals surface area contributed by atoms with E-state index in [9.17, 15) is 4.79 Å². The Labute approximate surface area is 131 Å². The first kappa shape index (κ1) is 17.7. The molecule has 1 aromatic heterocycles.